The maximum Gasteiger partial charge on any atom is 0.329 e. The molecule has 0 unspecified atom stereocenters. The molecule has 1 aromatic carbocycles. The Balaban J connectivity index is 2.30. The van der Waals surface area contributed by atoms with Crippen molar-refractivity contribution in [1.29, 1.82) is 0 Å². The molecule has 0 saturated carbocycles. The lowest BCUT2D eigenvalue weighted by Gasteiger charge is -2.18. The number of aromatic nitrogens is 2. The summed E-state index contributed by atoms with van der Waals surface area (Å²) in [6.07, 6.45) is 1.12. The molecule has 0 atom stereocenters. The Bertz CT molecular complexity index is 649. The zero-order chi connectivity index (χ0) is 15.4. The van der Waals surface area contributed by atoms with Gasteiger partial charge in [-0.25, -0.2) is 10.8 Å². The van der Waals surface area contributed by atoms with Gasteiger partial charge < -0.3 is 4.90 Å². The van der Waals surface area contributed by atoms with E-state index < -0.39 is 4.92 Å². The number of benzene rings is 1. The molecule has 1 heterocycles. The third-order valence-electron chi connectivity index (χ3n) is 2.77. The lowest BCUT2D eigenvalue weighted by atomic mass is 10.2. The second-order valence-electron chi connectivity index (χ2n) is 4.29. The highest BCUT2D eigenvalue weighted by molar-refractivity contribution is 6.30. The molecule has 110 valence electrons. The highest BCUT2D eigenvalue weighted by Crippen LogP contribution is 2.26. The number of rotatable bonds is 5. The number of hydrazine groups is 1. The number of nitrogens with two attached hydrogens (primary N) is 1. The van der Waals surface area contributed by atoms with E-state index in [9.17, 15) is 10.1 Å². The summed E-state index contributed by atoms with van der Waals surface area (Å²) in [4.78, 5) is 19.9. The van der Waals surface area contributed by atoms with Gasteiger partial charge in [-0.1, -0.05) is 23.7 Å². The van der Waals surface area contributed by atoms with Gasteiger partial charge in [-0.2, -0.15) is 4.98 Å². The average molecular weight is 309 g/mol. The SMILES string of the molecule is CN(Cc1ccc(Cl)cc1)c1nc(NN)ncc1[N+](=O)[O-]. The minimum Gasteiger partial charge on any atom is -0.349 e. The fraction of sp³-hybridized carbons (Fsp3) is 0.167. The van der Waals surface area contributed by atoms with Crippen LogP contribution in [0.15, 0.2) is 30.5 Å². The van der Waals surface area contributed by atoms with Crippen LogP contribution >= 0.6 is 11.6 Å². The van der Waals surface area contributed by atoms with E-state index in [1.165, 1.54) is 0 Å². The van der Waals surface area contributed by atoms with Gasteiger partial charge in [0, 0.05) is 18.6 Å². The van der Waals surface area contributed by atoms with Gasteiger partial charge >= 0.3 is 5.69 Å². The zero-order valence-electron chi connectivity index (χ0n) is 11.2. The van der Waals surface area contributed by atoms with Gasteiger partial charge in [0.05, 0.1) is 4.92 Å². The molecule has 1 aromatic heterocycles. The van der Waals surface area contributed by atoms with Crippen LogP contribution in [-0.4, -0.2) is 21.9 Å². The van der Waals surface area contributed by atoms with Gasteiger partial charge in [0.2, 0.25) is 11.8 Å². The van der Waals surface area contributed by atoms with Crippen LogP contribution in [0.1, 0.15) is 5.56 Å². The van der Waals surface area contributed by atoms with Gasteiger partial charge in [0.25, 0.3) is 0 Å². The van der Waals surface area contributed by atoms with Crippen LogP contribution in [0.3, 0.4) is 0 Å². The molecule has 8 nitrogen and oxygen atoms in total. The Morgan fingerprint density at radius 2 is 2.10 bits per heavy atom. The molecule has 0 aliphatic heterocycles. The largest absolute Gasteiger partial charge is 0.349 e. The van der Waals surface area contributed by atoms with E-state index in [1.807, 2.05) is 12.1 Å². The van der Waals surface area contributed by atoms with Crippen molar-refractivity contribution in [3.8, 4) is 0 Å². The highest BCUT2D eigenvalue weighted by atomic mass is 35.5. The van der Waals surface area contributed by atoms with Crippen molar-refractivity contribution in [2.45, 2.75) is 6.54 Å². The molecule has 21 heavy (non-hydrogen) atoms. The van der Waals surface area contributed by atoms with Crippen LogP contribution in [0.25, 0.3) is 0 Å². The van der Waals surface area contributed by atoms with E-state index in [4.69, 9.17) is 17.4 Å². The van der Waals surface area contributed by atoms with Crippen molar-refractivity contribution in [1.82, 2.24) is 9.97 Å². The number of anilines is 2. The van der Waals surface area contributed by atoms with Crippen LogP contribution < -0.4 is 16.2 Å². The normalized spacial score (nSPS) is 10.2. The molecule has 0 bridgehead atoms. The smallest absolute Gasteiger partial charge is 0.329 e. The van der Waals surface area contributed by atoms with Gasteiger partial charge in [-0.05, 0) is 17.7 Å². The molecule has 0 radical (unpaired) electrons. The molecule has 0 aliphatic carbocycles. The van der Waals surface area contributed by atoms with Crippen LogP contribution in [-0.2, 0) is 6.54 Å². The van der Waals surface area contributed by atoms with Crippen LogP contribution in [0.4, 0.5) is 17.5 Å². The molecule has 9 heteroatoms. The first-order chi connectivity index (χ1) is 10.0. The fourth-order valence-electron chi connectivity index (χ4n) is 1.78. The summed E-state index contributed by atoms with van der Waals surface area (Å²) in [5.41, 5.74) is 3.02. The van der Waals surface area contributed by atoms with Crippen LogP contribution in [0.2, 0.25) is 5.02 Å². The summed E-state index contributed by atoms with van der Waals surface area (Å²) < 4.78 is 0. The number of hydrogen-bond donors (Lipinski definition) is 2. The monoisotopic (exact) mass is 308 g/mol. The molecule has 0 spiro atoms. The van der Waals surface area contributed by atoms with E-state index in [0.29, 0.717) is 11.6 Å². The van der Waals surface area contributed by atoms with E-state index >= 15 is 0 Å². The van der Waals surface area contributed by atoms with Gasteiger partial charge in [-0.3, -0.25) is 15.5 Å². The Kier molecular flexibility index (Phi) is 4.51. The number of nitrogens with zero attached hydrogens (tertiary/aromatic N) is 4. The summed E-state index contributed by atoms with van der Waals surface area (Å²) >= 11 is 5.83. The molecular formula is C12H13ClN6O2. The lowest BCUT2D eigenvalue weighted by molar-refractivity contribution is -0.384. The quantitative estimate of drug-likeness (QED) is 0.493. The van der Waals surface area contributed by atoms with Crippen molar-refractivity contribution in [3.05, 3.63) is 51.2 Å². The molecular weight excluding hydrogens is 296 g/mol. The van der Waals surface area contributed by atoms with Crippen molar-refractivity contribution in [2.24, 2.45) is 5.84 Å². The van der Waals surface area contributed by atoms with Gasteiger partial charge in [0.1, 0.15) is 6.20 Å². The van der Waals surface area contributed by atoms with E-state index in [-0.39, 0.29) is 17.5 Å². The topological polar surface area (TPSA) is 110 Å². The molecule has 0 fully saturated rings. The standard InChI is InChI=1S/C12H13ClN6O2/c1-18(7-8-2-4-9(13)5-3-8)11-10(19(20)21)6-15-12(16-11)17-14/h2-6H,7,14H2,1H3,(H,15,16,17). The van der Waals surface area contributed by atoms with Crippen molar-refractivity contribution >= 4 is 29.1 Å². The highest BCUT2D eigenvalue weighted by Gasteiger charge is 2.20. The summed E-state index contributed by atoms with van der Waals surface area (Å²) in [6, 6.07) is 7.19. The number of nitrogens with one attached hydrogen (secondary N) is 1. The van der Waals surface area contributed by atoms with Crippen LogP contribution in [0.5, 0.6) is 0 Å². The lowest BCUT2D eigenvalue weighted by Crippen LogP contribution is -2.21. The van der Waals surface area contributed by atoms with E-state index in [0.717, 1.165) is 11.8 Å². The first-order valence-corrected chi connectivity index (χ1v) is 6.32. The number of nitrogen functional groups attached to an aromatic ring is 1. The van der Waals surface area contributed by atoms with E-state index in [1.54, 1.807) is 24.1 Å². The first-order valence-electron chi connectivity index (χ1n) is 5.95. The molecule has 2 rings (SSSR count). The minimum atomic E-state index is -0.534. The summed E-state index contributed by atoms with van der Waals surface area (Å²) in [6.45, 7) is 0.430. The Morgan fingerprint density at radius 3 is 2.67 bits per heavy atom. The third-order valence-corrected chi connectivity index (χ3v) is 3.02. The second-order valence-corrected chi connectivity index (χ2v) is 4.72. The van der Waals surface area contributed by atoms with Crippen molar-refractivity contribution in [3.63, 3.8) is 0 Å². The fourth-order valence-corrected chi connectivity index (χ4v) is 1.91. The Labute approximate surface area is 125 Å². The summed E-state index contributed by atoms with van der Waals surface area (Å²) in [5.74, 6) is 5.52. The molecule has 3 N–H and O–H groups in total. The van der Waals surface area contributed by atoms with Gasteiger partial charge in [0.15, 0.2) is 0 Å². The number of nitro groups is 1. The average Bonchev–Trinajstić information content (AvgIpc) is 2.48. The molecule has 0 amide bonds. The number of hydrogen-bond acceptors (Lipinski definition) is 7. The Hall–Kier alpha value is -2.45. The maximum absolute atomic E-state index is 11.1. The third kappa shape index (κ3) is 3.56. The first kappa shape index (κ1) is 14.9. The van der Waals surface area contributed by atoms with Gasteiger partial charge in [-0.15, -0.1) is 0 Å². The van der Waals surface area contributed by atoms with Crippen LogP contribution in [0, 0.1) is 10.1 Å². The molecule has 2 aromatic rings. The number of halogens is 1. The van der Waals surface area contributed by atoms with Crippen molar-refractivity contribution in [2.75, 3.05) is 17.4 Å². The van der Waals surface area contributed by atoms with E-state index in [2.05, 4.69) is 15.4 Å². The Morgan fingerprint density at radius 1 is 1.43 bits per heavy atom. The second kappa shape index (κ2) is 6.33. The predicted molar refractivity (Wildman–Crippen MR) is 80.1 cm³/mol. The zero-order valence-corrected chi connectivity index (χ0v) is 11.9. The predicted octanol–water partition coefficient (Wildman–Crippen LogP) is 1.96. The maximum atomic E-state index is 11.1. The minimum absolute atomic E-state index is 0.110. The molecule has 0 aliphatic rings. The summed E-state index contributed by atoms with van der Waals surface area (Å²) in [7, 11) is 1.70. The van der Waals surface area contributed by atoms with Crippen molar-refractivity contribution < 1.29 is 4.92 Å². The molecule has 0 saturated heterocycles. The summed E-state index contributed by atoms with van der Waals surface area (Å²) in [5, 5.41) is 11.7.